The third-order valence-electron chi connectivity index (χ3n) is 2.54. The second-order valence-electron chi connectivity index (χ2n) is 3.89. The molecule has 98 valence electrons. The van der Waals surface area contributed by atoms with Crippen LogP contribution in [0, 0.1) is 0 Å². The molecule has 0 saturated carbocycles. The first-order valence-corrected chi connectivity index (χ1v) is 6.38. The molecule has 0 aliphatic carbocycles. The highest BCUT2D eigenvalue weighted by molar-refractivity contribution is 9.10. The van der Waals surface area contributed by atoms with Crippen molar-refractivity contribution in [3.63, 3.8) is 0 Å². The van der Waals surface area contributed by atoms with E-state index in [0.717, 1.165) is 15.8 Å². The molecular weight excluding hydrogens is 300 g/mol. The number of hydrogen-bond acceptors (Lipinski definition) is 3. The maximum atomic E-state index is 11.5. The van der Waals surface area contributed by atoms with Crippen LogP contribution < -0.4 is 4.74 Å². The molecule has 1 rings (SSSR count). The van der Waals surface area contributed by atoms with Gasteiger partial charge in [-0.3, -0.25) is 9.59 Å². The van der Waals surface area contributed by atoms with Gasteiger partial charge in [0, 0.05) is 17.3 Å². The van der Waals surface area contributed by atoms with Crippen LogP contribution in [-0.4, -0.2) is 24.0 Å². The van der Waals surface area contributed by atoms with Crippen LogP contribution >= 0.6 is 15.9 Å². The van der Waals surface area contributed by atoms with E-state index in [1.807, 2.05) is 18.2 Å². The predicted octanol–water partition coefficient (Wildman–Crippen LogP) is 2.82. The van der Waals surface area contributed by atoms with E-state index in [-0.39, 0.29) is 18.6 Å². The topological polar surface area (TPSA) is 63.6 Å². The summed E-state index contributed by atoms with van der Waals surface area (Å²) >= 11 is 3.41. The lowest BCUT2D eigenvalue weighted by Gasteiger charge is -2.06. The van der Waals surface area contributed by atoms with Gasteiger partial charge in [0.1, 0.15) is 11.5 Å². The summed E-state index contributed by atoms with van der Waals surface area (Å²) in [6, 6.07) is 5.57. The van der Waals surface area contributed by atoms with Crippen molar-refractivity contribution in [2.75, 3.05) is 7.11 Å². The quantitative estimate of drug-likeness (QED) is 0.840. The highest BCUT2D eigenvalue weighted by atomic mass is 79.9. The summed E-state index contributed by atoms with van der Waals surface area (Å²) in [5, 5.41) is 8.48. The molecule has 1 aromatic rings. The zero-order valence-electron chi connectivity index (χ0n) is 10.1. The number of carboxylic acids is 1. The number of ketones is 1. The summed E-state index contributed by atoms with van der Waals surface area (Å²) in [5.74, 6) is -0.232. The minimum absolute atomic E-state index is 0.0351. The van der Waals surface area contributed by atoms with Crippen LogP contribution in [0.25, 0.3) is 0 Å². The average molecular weight is 315 g/mol. The van der Waals surface area contributed by atoms with Crippen LogP contribution in [-0.2, 0) is 16.0 Å². The molecule has 1 aromatic carbocycles. The molecule has 0 radical (unpaired) electrons. The van der Waals surface area contributed by atoms with E-state index in [2.05, 4.69) is 15.9 Å². The van der Waals surface area contributed by atoms with Crippen molar-refractivity contribution in [3.8, 4) is 5.75 Å². The highest BCUT2D eigenvalue weighted by Gasteiger charge is 2.08. The first-order chi connectivity index (χ1) is 8.52. The Morgan fingerprint density at radius 2 is 2.00 bits per heavy atom. The summed E-state index contributed by atoms with van der Waals surface area (Å²) in [5.41, 5.74) is 0.984. The van der Waals surface area contributed by atoms with Crippen LogP contribution in [0.3, 0.4) is 0 Å². The fourth-order valence-corrected chi connectivity index (χ4v) is 1.96. The average Bonchev–Trinajstić information content (AvgIpc) is 2.35. The van der Waals surface area contributed by atoms with Gasteiger partial charge in [0.2, 0.25) is 0 Å². The summed E-state index contributed by atoms with van der Waals surface area (Å²) in [6.45, 7) is 0. The second-order valence-corrected chi connectivity index (χ2v) is 4.74. The van der Waals surface area contributed by atoms with Crippen molar-refractivity contribution >= 4 is 27.7 Å². The van der Waals surface area contributed by atoms with Crippen molar-refractivity contribution in [2.24, 2.45) is 0 Å². The van der Waals surface area contributed by atoms with Crippen LogP contribution in [0.15, 0.2) is 22.7 Å². The van der Waals surface area contributed by atoms with E-state index < -0.39 is 5.97 Å². The summed E-state index contributed by atoms with van der Waals surface area (Å²) in [4.78, 5) is 21.8. The smallest absolute Gasteiger partial charge is 0.303 e. The summed E-state index contributed by atoms with van der Waals surface area (Å²) in [6.07, 6.45) is 0.921. The Labute approximate surface area is 114 Å². The SMILES string of the molecule is COc1ccc(Br)c(CCC(=O)CCC(=O)O)c1. The van der Waals surface area contributed by atoms with E-state index in [0.29, 0.717) is 12.8 Å². The molecule has 0 unspecified atom stereocenters. The molecular formula is C13H15BrO4. The lowest BCUT2D eigenvalue weighted by atomic mass is 10.0. The maximum Gasteiger partial charge on any atom is 0.303 e. The summed E-state index contributed by atoms with van der Waals surface area (Å²) < 4.78 is 6.04. The number of carboxylic acid groups (broad SMARTS) is 1. The van der Waals surface area contributed by atoms with Crippen molar-refractivity contribution in [3.05, 3.63) is 28.2 Å². The van der Waals surface area contributed by atoms with E-state index in [9.17, 15) is 9.59 Å². The molecule has 1 N–H and O–H groups in total. The Hall–Kier alpha value is -1.36. The van der Waals surface area contributed by atoms with Gasteiger partial charge in [0.05, 0.1) is 13.5 Å². The number of hydrogen-bond donors (Lipinski definition) is 1. The van der Waals surface area contributed by atoms with E-state index in [4.69, 9.17) is 9.84 Å². The molecule has 0 aliphatic heterocycles. The number of benzene rings is 1. The minimum atomic E-state index is -0.939. The third kappa shape index (κ3) is 4.87. The Morgan fingerprint density at radius 3 is 2.61 bits per heavy atom. The highest BCUT2D eigenvalue weighted by Crippen LogP contribution is 2.23. The number of ether oxygens (including phenoxy) is 1. The summed E-state index contributed by atoms with van der Waals surface area (Å²) in [7, 11) is 1.59. The number of aliphatic carboxylic acids is 1. The number of rotatable bonds is 7. The molecule has 0 heterocycles. The van der Waals surface area contributed by atoms with Crippen molar-refractivity contribution < 1.29 is 19.4 Å². The van der Waals surface area contributed by atoms with Gasteiger partial charge in [-0.05, 0) is 30.2 Å². The first kappa shape index (κ1) is 14.7. The van der Waals surface area contributed by atoms with Crippen molar-refractivity contribution in [1.29, 1.82) is 0 Å². The second kappa shape index (κ2) is 7.16. The number of halogens is 1. The molecule has 0 amide bonds. The van der Waals surface area contributed by atoms with Crippen LogP contribution in [0.4, 0.5) is 0 Å². The Balaban J connectivity index is 2.52. The lowest BCUT2D eigenvalue weighted by molar-refractivity contribution is -0.138. The lowest BCUT2D eigenvalue weighted by Crippen LogP contribution is -2.04. The molecule has 0 fully saturated rings. The van der Waals surface area contributed by atoms with Gasteiger partial charge in [0.15, 0.2) is 0 Å². The van der Waals surface area contributed by atoms with Crippen LogP contribution in [0.1, 0.15) is 24.8 Å². The molecule has 5 heteroatoms. The first-order valence-electron chi connectivity index (χ1n) is 5.59. The van der Waals surface area contributed by atoms with Gasteiger partial charge in [-0.25, -0.2) is 0 Å². The van der Waals surface area contributed by atoms with E-state index in [1.165, 1.54) is 0 Å². The fourth-order valence-electron chi connectivity index (χ4n) is 1.52. The van der Waals surface area contributed by atoms with Gasteiger partial charge in [-0.2, -0.15) is 0 Å². The number of carbonyl (C=O) groups is 2. The number of Topliss-reactive ketones (excluding diaryl/α,β-unsaturated/α-hetero) is 1. The third-order valence-corrected chi connectivity index (χ3v) is 3.32. The number of carbonyl (C=O) groups excluding carboxylic acids is 1. The zero-order valence-corrected chi connectivity index (χ0v) is 11.7. The van der Waals surface area contributed by atoms with Gasteiger partial charge in [0.25, 0.3) is 0 Å². The molecule has 0 atom stereocenters. The van der Waals surface area contributed by atoms with Crippen molar-refractivity contribution in [1.82, 2.24) is 0 Å². The predicted molar refractivity (Wildman–Crippen MR) is 70.9 cm³/mol. The Bertz CT molecular complexity index is 443. The standard InChI is InChI=1S/C13H15BrO4/c1-18-11-5-6-12(14)9(8-11)2-3-10(15)4-7-13(16)17/h5-6,8H,2-4,7H2,1H3,(H,16,17). The van der Waals surface area contributed by atoms with E-state index in [1.54, 1.807) is 7.11 Å². The number of methoxy groups -OCH3 is 1. The Morgan fingerprint density at radius 1 is 1.28 bits per heavy atom. The Kier molecular flexibility index (Phi) is 5.85. The molecule has 0 aromatic heterocycles. The van der Waals surface area contributed by atoms with Crippen LogP contribution in [0.5, 0.6) is 5.75 Å². The molecule has 0 spiro atoms. The van der Waals surface area contributed by atoms with E-state index >= 15 is 0 Å². The van der Waals surface area contributed by atoms with Gasteiger partial charge in [-0.15, -0.1) is 0 Å². The maximum absolute atomic E-state index is 11.5. The van der Waals surface area contributed by atoms with Crippen LogP contribution in [0.2, 0.25) is 0 Å². The van der Waals surface area contributed by atoms with Gasteiger partial charge < -0.3 is 9.84 Å². The number of aryl methyl sites for hydroxylation is 1. The molecule has 0 saturated heterocycles. The minimum Gasteiger partial charge on any atom is -0.497 e. The molecule has 4 nitrogen and oxygen atoms in total. The zero-order chi connectivity index (χ0) is 13.5. The van der Waals surface area contributed by atoms with Gasteiger partial charge >= 0.3 is 5.97 Å². The normalized spacial score (nSPS) is 10.1. The molecule has 0 bridgehead atoms. The molecule has 18 heavy (non-hydrogen) atoms. The van der Waals surface area contributed by atoms with Gasteiger partial charge in [-0.1, -0.05) is 15.9 Å². The monoisotopic (exact) mass is 314 g/mol. The fraction of sp³-hybridized carbons (Fsp3) is 0.385. The molecule has 0 aliphatic rings. The largest absolute Gasteiger partial charge is 0.497 e. The van der Waals surface area contributed by atoms with Crippen molar-refractivity contribution in [2.45, 2.75) is 25.7 Å².